The fourth-order valence-corrected chi connectivity index (χ4v) is 1.22. The van der Waals surface area contributed by atoms with Crippen molar-refractivity contribution in [1.29, 1.82) is 0 Å². The highest BCUT2D eigenvalue weighted by molar-refractivity contribution is 5.73. The summed E-state index contributed by atoms with van der Waals surface area (Å²) in [6.07, 6.45) is -4.73. The highest BCUT2D eigenvalue weighted by Gasteiger charge is 2.26. The summed E-state index contributed by atoms with van der Waals surface area (Å²) in [7, 11) is 0. The Morgan fingerprint density at radius 2 is 1.93 bits per heavy atom. The molecule has 1 amide bonds. The van der Waals surface area contributed by atoms with Crippen LogP contribution in [0, 0.1) is 0 Å². The summed E-state index contributed by atoms with van der Waals surface area (Å²) in [6, 6.07) is 6.43. The van der Waals surface area contributed by atoms with Gasteiger partial charge in [0.2, 0.25) is 6.41 Å². The highest BCUT2D eigenvalue weighted by atomic mass is 19.4. The van der Waals surface area contributed by atoms with Gasteiger partial charge in [0.1, 0.15) is 0 Å². The summed E-state index contributed by atoms with van der Waals surface area (Å²) in [5.41, 5.74) is 0.915. The third kappa shape index (κ3) is 4.01. The highest BCUT2D eigenvalue weighted by Crippen LogP contribution is 2.24. The minimum Gasteiger partial charge on any atom is -0.328 e. The lowest BCUT2D eigenvalue weighted by atomic mass is 10.1. The van der Waals surface area contributed by atoms with Gasteiger partial charge in [-0.3, -0.25) is 4.79 Å². The maximum atomic E-state index is 12.0. The molecule has 1 aromatic rings. The van der Waals surface area contributed by atoms with Crippen LogP contribution in [0.3, 0.4) is 0 Å². The Hall–Kier alpha value is -1.52. The van der Waals surface area contributed by atoms with E-state index in [1.165, 1.54) is 0 Å². The van der Waals surface area contributed by atoms with E-state index in [4.69, 9.17) is 0 Å². The molecule has 0 aliphatic heterocycles. The Balaban J connectivity index is 2.71. The van der Waals surface area contributed by atoms with Crippen molar-refractivity contribution in [1.82, 2.24) is 0 Å². The Morgan fingerprint density at radius 3 is 2.53 bits per heavy atom. The predicted octanol–water partition coefficient (Wildman–Crippen LogP) is 2.75. The van der Waals surface area contributed by atoms with E-state index >= 15 is 0 Å². The third-order valence-electron chi connectivity index (χ3n) is 1.91. The van der Waals surface area contributed by atoms with E-state index in [0.29, 0.717) is 17.7 Å². The van der Waals surface area contributed by atoms with Crippen LogP contribution in [0.4, 0.5) is 18.9 Å². The first-order valence-electron chi connectivity index (χ1n) is 4.38. The minimum atomic E-state index is -4.17. The molecule has 82 valence electrons. The molecule has 0 radical (unpaired) electrons. The number of nitrogens with one attached hydrogen (secondary N) is 1. The molecule has 0 spiro atoms. The van der Waals surface area contributed by atoms with E-state index in [2.05, 4.69) is 5.32 Å². The smallest absolute Gasteiger partial charge is 0.328 e. The first kappa shape index (κ1) is 11.6. The van der Waals surface area contributed by atoms with Gasteiger partial charge >= 0.3 is 6.18 Å². The second kappa shape index (κ2) is 4.82. The molecule has 0 atom stereocenters. The van der Waals surface area contributed by atoms with Gasteiger partial charge in [0.15, 0.2) is 0 Å². The number of amides is 1. The van der Waals surface area contributed by atoms with Gasteiger partial charge in [-0.2, -0.15) is 13.2 Å². The van der Waals surface area contributed by atoms with Crippen LogP contribution in [0.1, 0.15) is 12.0 Å². The molecule has 5 heteroatoms. The van der Waals surface area contributed by atoms with Crippen LogP contribution in [0.15, 0.2) is 24.3 Å². The van der Waals surface area contributed by atoms with Crippen LogP contribution in [0.25, 0.3) is 0 Å². The molecule has 1 aromatic carbocycles. The standard InChI is InChI=1S/C10H10F3NO/c11-10(12,13)6-5-8-3-1-2-4-9(8)14-7-15/h1-4,7H,5-6H2,(H,14,15). The van der Waals surface area contributed by atoms with Crippen LogP contribution in [-0.2, 0) is 11.2 Å². The summed E-state index contributed by atoms with van der Waals surface area (Å²) in [5.74, 6) is 0. The largest absolute Gasteiger partial charge is 0.389 e. The molecule has 0 saturated carbocycles. The molecule has 1 N–H and O–H groups in total. The summed E-state index contributed by atoms with van der Waals surface area (Å²) in [5, 5.41) is 2.36. The fourth-order valence-electron chi connectivity index (χ4n) is 1.22. The molecule has 2 nitrogen and oxygen atoms in total. The summed E-state index contributed by atoms with van der Waals surface area (Å²) in [6.45, 7) is 0. The van der Waals surface area contributed by atoms with Gasteiger partial charge in [-0.15, -0.1) is 0 Å². The number of para-hydroxylation sites is 1. The van der Waals surface area contributed by atoms with Crippen molar-refractivity contribution < 1.29 is 18.0 Å². The van der Waals surface area contributed by atoms with Crippen molar-refractivity contribution in [3.63, 3.8) is 0 Å². The van der Waals surface area contributed by atoms with Crippen molar-refractivity contribution in [3.05, 3.63) is 29.8 Å². The van der Waals surface area contributed by atoms with E-state index in [0.717, 1.165) is 0 Å². The molecule has 0 saturated heterocycles. The first-order chi connectivity index (χ1) is 7.03. The molecule has 0 aliphatic carbocycles. The molecule has 0 fully saturated rings. The zero-order chi connectivity index (χ0) is 11.3. The van der Waals surface area contributed by atoms with Gasteiger partial charge in [0.05, 0.1) is 0 Å². The molecule has 0 bridgehead atoms. The van der Waals surface area contributed by atoms with Crippen LogP contribution in [0.2, 0.25) is 0 Å². The fraction of sp³-hybridized carbons (Fsp3) is 0.300. The van der Waals surface area contributed by atoms with Gasteiger partial charge in [-0.25, -0.2) is 0 Å². The van der Waals surface area contributed by atoms with E-state index in [1.54, 1.807) is 24.3 Å². The van der Waals surface area contributed by atoms with Gasteiger partial charge < -0.3 is 5.32 Å². The van der Waals surface area contributed by atoms with Crippen molar-refractivity contribution in [3.8, 4) is 0 Å². The zero-order valence-corrected chi connectivity index (χ0v) is 7.84. The van der Waals surface area contributed by atoms with Crippen molar-refractivity contribution in [2.24, 2.45) is 0 Å². The number of aryl methyl sites for hydroxylation is 1. The Labute approximate surface area is 85.1 Å². The maximum Gasteiger partial charge on any atom is 0.389 e. The summed E-state index contributed by atoms with van der Waals surface area (Å²) >= 11 is 0. The van der Waals surface area contributed by atoms with Crippen LogP contribution >= 0.6 is 0 Å². The molecule has 0 unspecified atom stereocenters. The zero-order valence-electron chi connectivity index (χ0n) is 7.84. The number of rotatable bonds is 4. The minimum absolute atomic E-state index is 0.124. The number of halogens is 3. The van der Waals surface area contributed by atoms with E-state index in [1.807, 2.05) is 0 Å². The van der Waals surface area contributed by atoms with Gasteiger partial charge in [0, 0.05) is 12.1 Å². The lowest BCUT2D eigenvalue weighted by molar-refractivity contribution is -0.133. The van der Waals surface area contributed by atoms with Crippen molar-refractivity contribution in [2.75, 3.05) is 5.32 Å². The number of carbonyl (C=O) groups excluding carboxylic acids is 1. The van der Waals surface area contributed by atoms with Crippen LogP contribution < -0.4 is 5.32 Å². The Morgan fingerprint density at radius 1 is 1.27 bits per heavy atom. The van der Waals surface area contributed by atoms with Gasteiger partial charge in [-0.1, -0.05) is 18.2 Å². The molecule has 15 heavy (non-hydrogen) atoms. The first-order valence-corrected chi connectivity index (χ1v) is 4.38. The topological polar surface area (TPSA) is 29.1 Å². The van der Waals surface area contributed by atoms with Crippen molar-refractivity contribution in [2.45, 2.75) is 19.0 Å². The average Bonchev–Trinajstić information content (AvgIpc) is 2.16. The average molecular weight is 217 g/mol. The normalized spacial score (nSPS) is 11.1. The van der Waals surface area contributed by atoms with E-state index in [9.17, 15) is 18.0 Å². The van der Waals surface area contributed by atoms with E-state index in [-0.39, 0.29) is 6.42 Å². The Kier molecular flexibility index (Phi) is 3.71. The maximum absolute atomic E-state index is 12.0. The number of hydrogen-bond donors (Lipinski definition) is 1. The second-order valence-corrected chi connectivity index (χ2v) is 3.03. The van der Waals surface area contributed by atoms with Crippen LogP contribution in [-0.4, -0.2) is 12.6 Å². The molecule has 0 aliphatic rings. The lowest BCUT2D eigenvalue weighted by Crippen LogP contribution is -2.09. The second-order valence-electron chi connectivity index (χ2n) is 3.03. The van der Waals surface area contributed by atoms with Gasteiger partial charge in [-0.05, 0) is 18.1 Å². The monoisotopic (exact) mass is 217 g/mol. The van der Waals surface area contributed by atoms with Crippen molar-refractivity contribution >= 4 is 12.1 Å². The van der Waals surface area contributed by atoms with Gasteiger partial charge in [0.25, 0.3) is 0 Å². The number of hydrogen-bond acceptors (Lipinski definition) is 1. The SMILES string of the molecule is O=CNc1ccccc1CCC(F)(F)F. The molecule has 1 rings (SSSR count). The lowest BCUT2D eigenvalue weighted by Gasteiger charge is -2.09. The number of anilines is 1. The van der Waals surface area contributed by atoms with E-state index < -0.39 is 12.6 Å². The summed E-state index contributed by atoms with van der Waals surface area (Å²) < 4.78 is 35.9. The number of benzene rings is 1. The predicted molar refractivity (Wildman–Crippen MR) is 50.5 cm³/mol. The summed E-state index contributed by atoms with van der Waals surface area (Å²) in [4.78, 5) is 10.2. The molecular formula is C10H10F3NO. The molecular weight excluding hydrogens is 207 g/mol. The third-order valence-corrected chi connectivity index (χ3v) is 1.91. The van der Waals surface area contributed by atoms with Crippen LogP contribution in [0.5, 0.6) is 0 Å². The quantitative estimate of drug-likeness (QED) is 0.772. The Bertz CT molecular complexity index is 336. The number of carbonyl (C=O) groups is 1. The number of alkyl halides is 3. The molecule has 0 heterocycles. The molecule has 0 aromatic heterocycles.